The Morgan fingerprint density at radius 1 is 1.32 bits per heavy atom. The Morgan fingerprint density at radius 3 is 2.68 bits per heavy atom. The molecule has 0 amide bonds. The summed E-state index contributed by atoms with van der Waals surface area (Å²) >= 11 is 0. The van der Waals surface area contributed by atoms with Gasteiger partial charge in [-0.05, 0) is 41.1 Å². The summed E-state index contributed by atoms with van der Waals surface area (Å²) < 4.78 is 11.9. The van der Waals surface area contributed by atoms with Crippen molar-refractivity contribution in [3.05, 3.63) is 30.1 Å². The van der Waals surface area contributed by atoms with Crippen LogP contribution in [0.2, 0.25) is 0 Å². The summed E-state index contributed by atoms with van der Waals surface area (Å²) in [5.74, 6) is 0. The molecule has 7 nitrogen and oxygen atoms in total. The number of ether oxygens (including phenoxy) is 2. The molecule has 0 bridgehead atoms. The number of hydrogen-bond donors (Lipinski definition) is 1. The van der Waals surface area contributed by atoms with Crippen LogP contribution in [-0.4, -0.2) is 47.3 Å². The third-order valence-corrected chi connectivity index (χ3v) is 2.79. The molecule has 1 N–H and O–H groups in total. The lowest BCUT2D eigenvalue weighted by Crippen LogP contribution is -2.23. The van der Waals surface area contributed by atoms with E-state index in [0.717, 1.165) is 16.9 Å². The molecular formula is C12H17N5O2. The van der Waals surface area contributed by atoms with E-state index in [9.17, 15) is 0 Å². The lowest BCUT2D eigenvalue weighted by molar-refractivity contribution is -0.0914. The number of aryl methyl sites for hydroxylation is 1. The first-order valence-corrected chi connectivity index (χ1v) is 5.88. The Kier molecular flexibility index (Phi) is 4.43. The molecule has 1 aromatic heterocycles. The largest absolute Gasteiger partial charge is 0.380 e. The topological polar surface area (TPSA) is 74.1 Å². The van der Waals surface area contributed by atoms with Gasteiger partial charge in [-0.25, -0.2) is 4.68 Å². The highest BCUT2D eigenvalue weighted by atomic mass is 16.7. The molecule has 1 heterocycles. The van der Waals surface area contributed by atoms with Crippen molar-refractivity contribution in [2.45, 2.75) is 13.2 Å². The molecule has 0 aliphatic rings. The predicted octanol–water partition coefficient (Wildman–Crippen LogP) is 1.00. The van der Waals surface area contributed by atoms with Gasteiger partial charge in [0.2, 0.25) is 0 Å². The fourth-order valence-electron chi connectivity index (χ4n) is 1.76. The van der Waals surface area contributed by atoms with Gasteiger partial charge in [-0.15, -0.1) is 5.10 Å². The first kappa shape index (κ1) is 13.4. The average molecular weight is 263 g/mol. The zero-order valence-corrected chi connectivity index (χ0v) is 11.2. The summed E-state index contributed by atoms with van der Waals surface area (Å²) in [6, 6.07) is 5.95. The van der Waals surface area contributed by atoms with Crippen LogP contribution in [0.4, 0.5) is 5.69 Å². The number of aromatic nitrogens is 4. The summed E-state index contributed by atoms with van der Waals surface area (Å²) in [5.41, 5.74) is 3.02. The van der Waals surface area contributed by atoms with E-state index in [2.05, 4.69) is 20.8 Å². The molecule has 0 fully saturated rings. The van der Waals surface area contributed by atoms with Crippen molar-refractivity contribution in [2.75, 3.05) is 26.1 Å². The van der Waals surface area contributed by atoms with Gasteiger partial charge in [0.15, 0.2) is 6.29 Å². The van der Waals surface area contributed by atoms with E-state index >= 15 is 0 Å². The first-order valence-electron chi connectivity index (χ1n) is 5.88. The number of rotatable bonds is 6. The van der Waals surface area contributed by atoms with Crippen LogP contribution >= 0.6 is 0 Å². The van der Waals surface area contributed by atoms with Gasteiger partial charge < -0.3 is 14.8 Å². The second kappa shape index (κ2) is 6.26. The number of nitrogens with one attached hydrogen (secondary N) is 1. The van der Waals surface area contributed by atoms with Crippen molar-refractivity contribution in [3.8, 4) is 5.69 Å². The van der Waals surface area contributed by atoms with Crippen molar-refractivity contribution < 1.29 is 9.47 Å². The molecule has 7 heteroatoms. The smallest absolute Gasteiger partial charge is 0.173 e. The summed E-state index contributed by atoms with van der Waals surface area (Å²) in [7, 11) is 3.23. The van der Waals surface area contributed by atoms with E-state index in [0.29, 0.717) is 6.54 Å². The quantitative estimate of drug-likeness (QED) is 0.784. The van der Waals surface area contributed by atoms with Crippen LogP contribution in [0.3, 0.4) is 0 Å². The molecular weight excluding hydrogens is 246 g/mol. The van der Waals surface area contributed by atoms with Gasteiger partial charge in [0.05, 0.1) is 12.2 Å². The molecule has 0 aliphatic carbocycles. The normalized spacial score (nSPS) is 10.9. The van der Waals surface area contributed by atoms with E-state index in [-0.39, 0.29) is 6.29 Å². The first-order chi connectivity index (χ1) is 9.24. The lowest BCUT2D eigenvalue weighted by atomic mass is 10.2. The second-order valence-corrected chi connectivity index (χ2v) is 4.04. The van der Waals surface area contributed by atoms with Gasteiger partial charge in [0.1, 0.15) is 6.33 Å². The van der Waals surface area contributed by atoms with Crippen LogP contribution in [0.15, 0.2) is 24.5 Å². The van der Waals surface area contributed by atoms with Gasteiger partial charge in [0, 0.05) is 19.9 Å². The van der Waals surface area contributed by atoms with E-state index in [1.807, 2.05) is 25.1 Å². The molecule has 102 valence electrons. The zero-order valence-electron chi connectivity index (χ0n) is 11.2. The molecule has 2 rings (SSSR count). The maximum Gasteiger partial charge on any atom is 0.173 e. The fraction of sp³-hybridized carbons (Fsp3) is 0.417. The Labute approximate surface area is 111 Å². The molecule has 0 spiro atoms. The van der Waals surface area contributed by atoms with Crippen molar-refractivity contribution >= 4 is 5.69 Å². The predicted molar refractivity (Wildman–Crippen MR) is 70.2 cm³/mol. The molecule has 2 aromatic rings. The number of methoxy groups -OCH3 is 2. The number of anilines is 1. The highest BCUT2D eigenvalue weighted by Crippen LogP contribution is 2.17. The SMILES string of the molecule is COC(CNc1ccc(-n2cnnn2)c(C)c1)OC. The van der Waals surface area contributed by atoms with Crippen molar-refractivity contribution in [1.29, 1.82) is 0 Å². The minimum atomic E-state index is -0.264. The highest BCUT2D eigenvalue weighted by molar-refractivity contribution is 5.53. The summed E-state index contributed by atoms with van der Waals surface area (Å²) in [4.78, 5) is 0. The maximum atomic E-state index is 5.12. The molecule has 0 aliphatic heterocycles. The van der Waals surface area contributed by atoms with Gasteiger partial charge in [0.25, 0.3) is 0 Å². The second-order valence-electron chi connectivity index (χ2n) is 4.04. The van der Waals surface area contributed by atoms with E-state index in [1.165, 1.54) is 0 Å². The Morgan fingerprint density at radius 2 is 2.11 bits per heavy atom. The van der Waals surface area contributed by atoms with Crippen molar-refractivity contribution in [1.82, 2.24) is 20.2 Å². The number of benzene rings is 1. The van der Waals surface area contributed by atoms with Crippen LogP contribution in [0, 0.1) is 6.92 Å². The summed E-state index contributed by atoms with van der Waals surface area (Å²) in [6.45, 7) is 2.59. The summed E-state index contributed by atoms with van der Waals surface area (Å²) in [6.07, 6.45) is 1.31. The maximum absolute atomic E-state index is 5.12. The zero-order chi connectivity index (χ0) is 13.7. The van der Waals surface area contributed by atoms with E-state index in [4.69, 9.17) is 9.47 Å². The number of tetrazole rings is 1. The Bertz CT molecular complexity index is 511. The number of hydrogen-bond acceptors (Lipinski definition) is 6. The molecule has 0 saturated carbocycles. The third kappa shape index (κ3) is 3.27. The van der Waals surface area contributed by atoms with Crippen molar-refractivity contribution in [3.63, 3.8) is 0 Å². The van der Waals surface area contributed by atoms with Crippen LogP contribution in [0.1, 0.15) is 5.56 Å². The van der Waals surface area contributed by atoms with E-state index in [1.54, 1.807) is 25.2 Å². The molecule has 0 atom stereocenters. The van der Waals surface area contributed by atoms with Gasteiger partial charge >= 0.3 is 0 Å². The van der Waals surface area contributed by atoms with E-state index < -0.39 is 0 Å². The molecule has 0 radical (unpaired) electrons. The van der Waals surface area contributed by atoms with Crippen LogP contribution in [0.5, 0.6) is 0 Å². The lowest BCUT2D eigenvalue weighted by Gasteiger charge is -2.15. The standard InChI is InChI=1S/C12H17N5O2/c1-9-6-10(13-7-12(18-2)19-3)4-5-11(9)17-8-14-15-16-17/h4-6,8,12-13H,7H2,1-3H3. The van der Waals surface area contributed by atoms with Crippen LogP contribution in [-0.2, 0) is 9.47 Å². The van der Waals surface area contributed by atoms with Crippen molar-refractivity contribution in [2.24, 2.45) is 0 Å². The van der Waals surface area contributed by atoms with Gasteiger partial charge in [-0.3, -0.25) is 0 Å². The monoisotopic (exact) mass is 263 g/mol. The molecule has 0 unspecified atom stereocenters. The van der Waals surface area contributed by atoms with Gasteiger partial charge in [-0.1, -0.05) is 0 Å². The minimum absolute atomic E-state index is 0.264. The molecule has 19 heavy (non-hydrogen) atoms. The van der Waals surface area contributed by atoms with Crippen LogP contribution < -0.4 is 5.32 Å². The van der Waals surface area contributed by atoms with Gasteiger partial charge in [-0.2, -0.15) is 0 Å². The molecule has 1 aromatic carbocycles. The third-order valence-electron chi connectivity index (χ3n) is 2.79. The highest BCUT2D eigenvalue weighted by Gasteiger charge is 2.06. The molecule has 0 saturated heterocycles. The summed E-state index contributed by atoms with van der Waals surface area (Å²) in [5, 5.41) is 14.4. The minimum Gasteiger partial charge on any atom is -0.380 e. The average Bonchev–Trinajstić information content (AvgIpc) is 2.94. The Balaban J connectivity index is 2.07. The number of nitrogens with zero attached hydrogens (tertiary/aromatic N) is 4. The van der Waals surface area contributed by atoms with Crippen LogP contribution in [0.25, 0.3) is 5.69 Å². The fourth-order valence-corrected chi connectivity index (χ4v) is 1.76. The Hall–Kier alpha value is -1.99.